The smallest absolute Gasteiger partial charge is 0.355 e. The van der Waals surface area contributed by atoms with Crippen molar-refractivity contribution >= 4 is 38.6 Å². The van der Waals surface area contributed by atoms with Crippen molar-refractivity contribution in [1.82, 2.24) is 19.7 Å². The number of aliphatic hydroxyl groups excluding tert-OH is 1. The van der Waals surface area contributed by atoms with Gasteiger partial charge in [0.25, 0.3) is 0 Å². The maximum atomic E-state index is 13.7. The molecule has 0 unspecified atom stereocenters. The van der Waals surface area contributed by atoms with Crippen LogP contribution in [0.4, 0.5) is 0 Å². The van der Waals surface area contributed by atoms with Gasteiger partial charge in [0, 0.05) is 41.0 Å². The van der Waals surface area contributed by atoms with E-state index in [2.05, 4.69) is 73.4 Å². The number of alkyl halides is 1. The van der Waals surface area contributed by atoms with Crippen LogP contribution >= 0.6 is 15.9 Å². The normalized spacial score (nSPS) is 12.7. The highest BCUT2D eigenvalue weighted by atomic mass is 79.9. The summed E-state index contributed by atoms with van der Waals surface area (Å²) in [4.78, 5) is 13.7. The molecule has 2 heterocycles. The molecule has 0 aliphatic heterocycles. The van der Waals surface area contributed by atoms with Gasteiger partial charge in [0.05, 0.1) is 36.7 Å². The molecule has 2 aromatic heterocycles. The van der Waals surface area contributed by atoms with E-state index in [9.17, 15) is 9.90 Å². The van der Waals surface area contributed by atoms with E-state index in [1.807, 2.05) is 43.9 Å². The van der Waals surface area contributed by atoms with Crippen LogP contribution in [0.2, 0.25) is 0 Å². The predicted octanol–water partition coefficient (Wildman–Crippen LogP) is 6.32. The summed E-state index contributed by atoms with van der Waals surface area (Å²) in [5.41, 5.74) is 8.27. The van der Waals surface area contributed by atoms with Crippen molar-refractivity contribution in [2.75, 3.05) is 26.8 Å². The molecule has 2 aromatic carbocycles. The average molecular weight is 662 g/mol. The lowest BCUT2D eigenvalue weighted by molar-refractivity contribution is 0.0512. The fourth-order valence-corrected chi connectivity index (χ4v) is 6.78. The molecular weight excluding hydrogens is 620 g/mol. The van der Waals surface area contributed by atoms with Crippen LogP contribution in [0.1, 0.15) is 58.3 Å². The number of aromatic nitrogens is 3. The Labute approximate surface area is 267 Å². The van der Waals surface area contributed by atoms with Gasteiger partial charge >= 0.3 is 5.97 Å². The Kier molecular flexibility index (Phi) is 10.7. The van der Waals surface area contributed by atoms with Crippen molar-refractivity contribution in [3.8, 4) is 11.1 Å². The summed E-state index contributed by atoms with van der Waals surface area (Å²) in [6.07, 6.45) is 9.30. The Hall–Kier alpha value is -3.66. The van der Waals surface area contributed by atoms with E-state index >= 15 is 0 Å². The highest BCUT2D eigenvalue weighted by Gasteiger charge is 2.28. The number of nitrogens with one attached hydrogen (secondary N) is 1. The lowest BCUT2D eigenvalue weighted by atomic mass is 9.98. The number of allylic oxidation sites excluding steroid dienone is 3. The van der Waals surface area contributed by atoms with E-state index in [0.717, 1.165) is 70.4 Å². The minimum absolute atomic E-state index is 0.184. The molecule has 8 nitrogen and oxygen atoms in total. The van der Waals surface area contributed by atoms with Gasteiger partial charge in [-0.3, -0.25) is 4.68 Å². The van der Waals surface area contributed by atoms with E-state index in [-0.39, 0.29) is 12.6 Å². The SMILES string of the molecule is CCOC(=O)c1c(CCCOC2=CC=CCc3ccccc32)c2cccc(-c3c(CO)nn(C)c3CBr)c2n1CCCNC. The van der Waals surface area contributed by atoms with Crippen LogP contribution in [0.5, 0.6) is 0 Å². The molecule has 1 aliphatic carbocycles. The second kappa shape index (κ2) is 14.9. The van der Waals surface area contributed by atoms with Crippen LogP contribution < -0.4 is 5.32 Å². The molecule has 0 atom stereocenters. The van der Waals surface area contributed by atoms with Crippen molar-refractivity contribution in [2.24, 2.45) is 7.05 Å². The third-order valence-electron chi connectivity index (χ3n) is 8.08. The molecule has 0 spiro atoms. The topological polar surface area (TPSA) is 90.5 Å². The van der Waals surface area contributed by atoms with Crippen LogP contribution in [-0.2, 0) is 47.8 Å². The Morgan fingerprint density at radius 3 is 2.73 bits per heavy atom. The summed E-state index contributed by atoms with van der Waals surface area (Å²) in [5.74, 6) is 0.544. The van der Waals surface area contributed by atoms with Crippen LogP contribution in [0.3, 0.4) is 0 Å². The second-order valence-corrected chi connectivity index (χ2v) is 11.4. The molecule has 0 saturated carbocycles. The summed E-state index contributed by atoms with van der Waals surface area (Å²) in [5, 5.41) is 19.7. The number of para-hydroxylation sites is 1. The summed E-state index contributed by atoms with van der Waals surface area (Å²) in [7, 11) is 3.82. The number of hydrogen-bond acceptors (Lipinski definition) is 6. The molecule has 0 bridgehead atoms. The first kappa shape index (κ1) is 31.8. The Balaban J connectivity index is 1.57. The van der Waals surface area contributed by atoms with Gasteiger partial charge in [-0.2, -0.15) is 5.10 Å². The van der Waals surface area contributed by atoms with Gasteiger partial charge in [-0.15, -0.1) is 0 Å². The van der Waals surface area contributed by atoms with Gasteiger partial charge in [-0.25, -0.2) is 4.79 Å². The van der Waals surface area contributed by atoms with Crippen molar-refractivity contribution in [3.63, 3.8) is 0 Å². The number of carbonyl (C=O) groups excluding carboxylic acids is 1. The molecular formula is C35H41BrN4O4. The number of benzene rings is 2. The van der Waals surface area contributed by atoms with Crippen molar-refractivity contribution < 1.29 is 19.4 Å². The minimum atomic E-state index is -0.324. The van der Waals surface area contributed by atoms with E-state index < -0.39 is 0 Å². The molecule has 9 heteroatoms. The van der Waals surface area contributed by atoms with E-state index in [1.165, 1.54) is 5.56 Å². The summed E-state index contributed by atoms with van der Waals surface area (Å²) < 4.78 is 15.9. The Morgan fingerprint density at radius 2 is 1.95 bits per heavy atom. The summed E-state index contributed by atoms with van der Waals surface area (Å²) in [6.45, 7) is 3.89. The molecule has 0 fully saturated rings. The van der Waals surface area contributed by atoms with E-state index in [4.69, 9.17) is 9.47 Å². The predicted molar refractivity (Wildman–Crippen MR) is 179 cm³/mol. The molecule has 5 rings (SSSR count). The van der Waals surface area contributed by atoms with Gasteiger partial charge in [0.2, 0.25) is 0 Å². The first-order chi connectivity index (χ1) is 21.5. The van der Waals surface area contributed by atoms with Crippen molar-refractivity contribution in [1.29, 1.82) is 0 Å². The number of rotatable bonds is 14. The molecule has 0 amide bonds. The first-order valence-corrected chi connectivity index (χ1v) is 16.4. The van der Waals surface area contributed by atoms with Crippen LogP contribution in [0, 0.1) is 0 Å². The maximum absolute atomic E-state index is 13.7. The summed E-state index contributed by atoms with van der Waals surface area (Å²) in [6, 6.07) is 14.5. The quantitative estimate of drug-likeness (QED) is 0.0935. The zero-order chi connectivity index (χ0) is 31.1. The number of aryl methyl sites for hydroxylation is 3. The van der Waals surface area contributed by atoms with Crippen LogP contribution in [0.25, 0.3) is 27.8 Å². The van der Waals surface area contributed by atoms with Crippen molar-refractivity contribution in [2.45, 2.75) is 51.1 Å². The lowest BCUT2D eigenvalue weighted by Crippen LogP contribution is -2.17. The highest BCUT2D eigenvalue weighted by molar-refractivity contribution is 9.08. The molecule has 0 saturated heterocycles. The monoisotopic (exact) mass is 660 g/mol. The van der Waals surface area contributed by atoms with Crippen LogP contribution in [-0.4, -0.2) is 52.2 Å². The largest absolute Gasteiger partial charge is 0.493 e. The molecule has 2 N–H and O–H groups in total. The summed E-state index contributed by atoms with van der Waals surface area (Å²) >= 11 is 3.63. The zero-order valence-corrected chi connectivity index (χ0v) is 27.3. The van der Waals surface area contributed by atoms with Gasteiger partial charge in [-0.1, -0.05) is 70.5 Å². The molecule has 232 valence electrons. The molecule has 44 heavy (non-hydrogen) atoms. The second-order valence-electron chi connectivity index (χ2n) is 10.8. The third kappa shape index (κ3) is 6.41. The van der Waals surface area contributed by atoms with Gasteiger partial charge in [0.15, 0.2) is 0 Å². The fraction of sp³-hybridized carbons (Fsp3) is 0.371. The number of nitrogens with zero attached hydrogens (tertiary/aromatic N) is 3. The standard InChI is InChI=1S/C35H41BrN4O4/c1-4-43-35(42)34-27(17-10-21-44-31-18-8-6-13-24-12-5-7-14-25(24)31)26-15-9-16-28(33(26)40(34)20-11-19-37-2)32-29(23-41)38-39(3)30(32)22-36/h5-9,12,14-16,18,37,41H,4,10-11,13,17,19-23H2,1-3H3. The molecule has 0 radical (unpaired) electrons. The number of fused-ring (bicyclic) bond motifs is 2. The number of carbonyl (C=O) groups is 1. The Morgan fingerprint density at radius 1 is 1.14 bits per heavy atom. The number of ether oxygens (including phenoxy) is 2. The van der Waals surface area contributed by atoms with E-state index in [1.54, 1.807) is 0 Å². The van der Waals surface area contributed by atoms with Crippen molar-refractivity contribution in [3.05, 3.63) is 94.5 Å². The molecule has 1 aliphatic rings. The zero-order valence-electron chi connectivity index (χ0n) is 25.7. The average Bonchev–Trinajstić information content (AvgIpc) is 3.44. The van der Waals surface area contributed by atoms with Gasteiger partial charge in [-0.05, 0) is 63.4 Å². The maximum Gasteiger partial charge on any atom is 0.355 e. The first-order valence-electron chi connectivity index (χ1n) is 15.3. The Bertz CT molecular complexity index is 1680. The minimum Gasteiger partial charge on any atom is -0.493 e. The van der Waals surface area contributed by atoms with Crippen LogP contribution in [0.15, 0.2) is 60.7 Å². The highest BCUT2D eigenvalue weighted by Crippen LogP contribution is 2.39. The number of esters is 1. The van der Waals surface area contributed by atoms with Gasteiger partial charge < -0.3 is 24.5 Å². The lowest BCUT2D eigenvalue weighted by Gasteiger charge is -2.14. The number of halogens is 1. The van der Waals surface area contributed by atoms with Gasteiger partial charge in [0.1, 0.15) is 11.5 Å². The number of aliphatic hydroxyl groups is 1. The fourth-order valence-electron chi connectivity index (χ4n) is 6.14. The number of hydrogen-bond donors (Lipinski definition) is 2. The third-order valence-corrected chi connectivity index (χ3v) is 8.61. The molecule has 4 aromatic rings. The van der Waals surface area contributed by atoms with E-state index in [0.29, 0.717) is 42.9 Å².